The zero-order valence-corrected chi connectivity index (χ0v) is 7.78. The molecule has 0 radical (unpaired) electrons. The molecule has 1 fully saturated rings. The van der Waals surface area contributed by atoms with Crippen LogP contribution in [0.4, 0.5) is 4.39 Å². The summed E-state index contributed by atoms with van der Waals surface area (Å²) in [7, 11) is 1.80. The topological polar surface area (TPSA) is 24.1 Å². The molecule has 0 aromatic heterocycles. The standard InChI is InChI=1S/C9H19FN2/c1-11-7-9(10)5-8-3-2-4-12-6-8/h8-9,11-12H,2-7H2,1H3. The van der Waals surface area contributed by atoms with Crippen LogP contribution in [0.5, 0.6) is 0 Å². The number of hydrogen-bond donors (Lipinski definition) is 2. The summed E-state index contributed by atoms with van der Waals surface area (Å²) < 4.78 is 13.1. The third-order valence-corrected chi connectivity index (χ3v) is 2.41. The van der Waals surface area contributed by atoms with Crippen LogP contribution >= 0.6 is 0 Å². The Morgan fingerprint density at radius 1 is 1.67 bits per heavy atom. The van der Waals surface area contributed by atoms with Gasteiger partial charge in [0.05, 0.1) is 0 Å². The van der Waals surface area contributed by atoms with Crippen molar-refractivity contribution in [2.24, 2.45) is 5.92 Å². The molecule has 0 amide bonds. The minimum absolute atomic E-state index is 0.497. The van der Waals surface area contributed by atoms with Crippen molar-refractivity contribution in [3.8, 4) is 0 Å². The largest absolute Gasteiger partial charge is 0.317 e. The highest BCUT2D eigenvalue weighted by Gasteiger charge is 2.17. The lowest BCUT2D eigenvalue weighted by Gasteiger charge is -2.23. The van der Waals surface area contributed by atoms with Crippen molar-refractivity contribution in [2.45, 2.75) is 25.4 Å². The molecule has 72 valence electrons. The first kappa shape index (κ1) is 9.93. The highest BCUT2D eigenvalue weighted by molar-refractivity contribution is 4.73. The first-order valence-corrected chi connectivity index (χ1v) is 4.82. The molecular formula is C9H19FN2. The molecule has 12 heavy (non-hydrogen) atoms. The molecule has 1 saturated heterocycles. The summed E-state index contributed by atoms with van der Waals surface area (Å²) in [6.45, 7) is 2.61. The Morgan fingerprint density at radius 2 is 2.50 bits per heavy atom. The molecule has 0 aromatic rings. The van der Waals surface area contributed by atoms with Gasteiger partial charge in [-0.25, -0.2) is 4.39 Å². The maximum Gasteiger partial charge on any atom is 0.113 e. The van der Waals surface area contributed by atoms with Crippen molar-refractivity contribution < 1.29 is 4.39 Å². The Hall–Kier alpha value is -0.150. The van der Waals surface area contributed by atoms with E-state index in [1.807, 2.05) is 0 Å². The highest BCUT2D eigenvalue weighted by atomic mass is 19.1. The van der Waals surface area contributed by atoms with E-state index in [-0.39, 0.29) is 0 Å². The van der Waals surface area contributed by atoms with E-state index in [1.54, 1.807) is 7.05 Å². The van der Waals surface area contributed by atoms with Crippen LogP contribution in [0, 0.1) is 5.92 Å². The SMILES string of the molecule is CNCC(F)CC1CCCNC1. The van der Waals surface area contributed by atoms with Crippen LogP contribution < -0.4 is 10.6 Å². The third-order valence-electron chi connectivity index (χ3n) is 2.41. The number of hydrogen-bond acceptors (Lipinski definition) is 2. The molecule has 2 unspecified atom stereocenters. The van der Waals surface area contributed by atoms with Gasteiger partial charge in [-0.05, 0) is 45.3 Å². The molecule has 0 spiro atoms. The van der Waals surface area contributed by atoms with Gasteiger partial charge in [0.1, 0.15) is 6.17 Å². The molecule has 2 N–H and O–H groups in total. The second-order valence-electron chi connectivity index (χ2n) is 3.60. The molecule has 2 nitrogen and oxygen atoms in total. The van der Waals surface area contributed by atoms with Crippen LogP contribution in [0.25, 0.3) is 0 Å². The zero-order chi connectivity index (χ0) is 8.81. The van der Waals surface area contributed by atoms with Crippen molar-refractivity contribution in [1.82, 2.24) is 10.6 Å². The molecule has 1 aliphatic heterocycles. The quantitative estimate of drug-likeness (QED) is 0.662. The molecule has 1 aliphatic rings. The Kier molecular flexibility index (Phi) is 4.54. The number of nitrogens with one attached hydrogen (secondary N) is 2. The summed E-state index contributed by atoms with van der Waals surface area (Å²) in [5.74, 6) is 0.557. The smallest absolute Gasteiger partial charge is 0.113 e. The predicted molar refractivity (Wildman–Crippen MR) is 49.0 cm³/mol. The van der Waals surface area contributed by atoms with Gasteiger partial charge in [0, 0.05) is 6.54 Å². The zero-order valence-electron chi connectivity index (χ0n) is 7.78. The second kappa shape index (κ2) is 5.49. The molecule has 0 aromatic carbocycles. The van der Waals surface area contributed by atoms with Gasteiger partial charge >= 0.3 is 0 Å². The predicted octanol–water partition coefficient (Wildman–Crippen LogP) is 0.934. The summed E-state index contributed by atoms with van der Waals surface area (Å²) in [5.41, 5.74) is 0. The maximum absolute atomic E-state index is 13.1. The fraction of sp³-hybridized carbons (Fsp3) is 1.00. The van der Waals surface area contributed by atoms with Crippen molar-refractivity contribution in [1.29, 1.82) is 0 Å². The van der Waals surface area contributed by atoms with Crippen LogP contribution in [0.15, 0.2) is 0 Å². The van der Waals surface area contributed by atoms with Gasteiger partial charge in [0.25, 0.3) is 0 Å². The van der Waals surface area contributed by atoms with E-state index < -0.39 is 6.17 Å². The lowest BCUT2D eigenvalue weighted by molar-refractivity contribution is 0.237. The molecule has 1 heterocycles. The molecule has 3 heteroatoms. The van der Waals surface area contributed by atoms with Gasteiger partial charge in [-0.2, -0.15) is 0 Å². The lowest BCUT2D eigenvalue weighted by Crippen LogP contribution is -2.33. The van der Waals surface area contributed by atoms with Crippen LogP contribution in [-0.2, 0) is 0 Å². The fourth-order valence-electron chi connectivity index (χ4n) is 1.79. The van der Waals surface area contributed by atoms with E-state index in [4.69, 9.17) is 0 Å². The molecule has 0 saturated carbocycles. The van der Waals surface area contributed by atoms with Crippen molar-refractivity contribution in [2.75, 3.05) is 26.7 Å². The molecule has 0 bridgehead atoms. The maximum atomic E-state index is 13.1. The lowest BCUT2D eigenvalue weighted by atomic mass is 9.94. The number of alkyl halides is 1. The summed E-state index contributed by atoms with van der Waals surface area (Å²) in [6.07, 6.45) is 2.45. The van der Waals surface area contributed by atoms with Gasteiger partial charge in [0.15, 0.2) is 0 Å². The van der Waals surface area contributed by atoms with Crippen LogP contribution in [0.2, 0.25) is 0 Å². The molecule has 0 aliphatic carbocycles. The van der Waals surface area contributed by atoms with Gasteiger partial charge in [-0.3, -0.25) is 0 Å². The molecular weight excluding hydrogens is 155 g/mol. The average Bonchev–Trinajstić information content (AvgIpc) is 2.06. The highest BCUT2D eigenvalue weighted by Crippen LogP contribution is 2.17. The number of rotatable bonds is 4. The Bertz CT molecular complexity index is 113. The third kappa shape index (κ3) is 3.50. The van der Waals surface area contributed by atoms with E-state index in [0.717, 1.165) is 13.1 Å². The van der Waals surface area contributed by atoms with Crippen LogP contribution in [0.3, 0.4) is 0 Å². The Labute approximate surface area is 73.9 Å². The number of halogens is 1. The minimum atomic E-state index is -0.667. The summed E-state index contributed by atoms with van der Waals surface area (Å²) in [6, 6.07) is 0. The Balaban J connectivity index is 2.11. The summed E-state index contributed by atoms with van der Waals surface area (Å²) in [4.78, 5) is 0. The van der Waals surface area contributed by atoms with Gasteiger partial charge < -0.3 is 10.6 Å². The molecule has 2 atom stereocenters. The van der Waals surface area contributed by atoms with Crippen molar-refractivity contribution in [3.05, 3.63) is 0 Å². The van der Waals surface area contributed by atoms with E-state index in [1.165, 1.54) is 12.8 Å². The van der Waals surface area contributed by atoms with Crippen LogP contribution in [0.1, 0.15) is 19.3 Å². The Morgan fingerprint density at radius 3 is 3.08 bits per heavy atom. The summed E-state index contributed by atoms with van der Waals surface area (Å²) >= 11 is 0. The normalized spacial score (nSPS) is 27.0. The van der Waals surface area contributed by atoms with Crippen molar-refractivity contribution in [3.63, 3.8) is 0 Å². The first-order chi connectivity index (χ1) is 5.83. The van der Waals surface area contributed by atoms with Gasteiger partial charge in [-0.15, -0.1) is 0 Å². The van der Waals surface area contributed by atoms with E-state index >= 15 is 0 Å². The second-order valence-corrected chi connectivity index (χ2v) is 3.60. The monoisotopic (exact) mass is 174 g/mol. The molecule has 1 rings (SSSR count). The van der Waals surface area contributed by atoms with Gasteiger partial charge in [0.2, 0.25) is 0 Å². The van der Waals surface area contributed by atoms with E-state index in [0.29, 0.717) is 18.9 Å². The van der Waals surface area contributed by atoms with Crippen molar-refractivity contribution >= 4 is 0 Å². The first-order valence-electron chi connectivity index (χ1n) is 4.82. The summed E-state index contributed by atoms with van der Waals surface area (Å²) in [5, 5.41) is 6.16. The van der Waals surface area contributed by atoms with E-state index in [9.17, 15) is 4.39 Å². The van der Waals surface area contributed by atoms with E-state index in [2.05, 4.69) is 10.6 Å². The number of piperidine rings is 1. The fourth-order valence-corrected chi connectivity index (χ4v) is 1.79. The van der Waals surface area contributed by atoms with Crippen LogP contribution in [-0.4, -0.2) is 32.9 Å². The van der Waals surface area contributed by atoms with Gasteiger partial charge in [-0.1, -0.05) is 0 Å². The minimum Gasteiger partial charge on any atom is -0.317 e. The average molecular weight is 174 g/mol.